The van der Waals surface area contributed by atoms with E-state index in [1.165, 1.54) is 10.9 Å². The highest BCUT2D eigenvalue weighted by Crippen LogP contribution is 2.66. The smallest absolute Gasteiger partial charge is 0.390 e. The maximum absolute atomic E-state index is 11.8. The zero-order chi connectivity index (χ0) is 23.2. The zero-order valence-electron chi connectivity index (χ0n) is 15.0. The third kappa shape index (κ3) is 6.04. The van der Waals surface area contributed by atoms with Gasteiger partial charge in [0.05, 0.1) is 19.0 Å². The zero-order valence-corrected chi connectivity index (χ0v) is 17.7. The Balaban J connectivity index is 1.67. The Bertz CT molecular complexity index is 1170. The van der Waals surface area contributed by atoms with E-state index >= 15 is 0 Å². The average molecular weight is 522 g/mol. The molecule has 8 N–H and O–H groups in total. The van der Waals surface area contributed by atoms with Crippen molar-refractivity contribution >= 4 is 40.6 Å². The number of fused-ring (bicyclic) bond motifs is 1. The molecule has 5 atom stereocenters. The predicted octanol–water partition coefficient (Wildman–Crippen LogP) is -1.31. The van der Waals surface area contributed by atoms with Crippen LogP contribution < -0.4 is 11.3 Å². The fourth-order valence-corrected chi connectivity index (χ4v) is 5.69. The molecule has 1 fully saturated rings. The van der Waals surface area contributed by atoms with Crippen LogP contribution in [-0.2, 0) is 31.6 Å². The molecule has 0 spiro atoms. The first kappa shape index (κ1) is 24.1. The van der Waals surface area contributed by atoms with Crippen LogP contribution in [0.5, 0.6) is 0 Å². The number of aromatic amines is 1. The molecule has 21 heteroatoms. The Kier molecular flexibility index (Phi) is 6.57. The molecule has 0 saturated carbocycles. The number of rotatable bonds is 8. The van der Waals surface area contributed by atoms with E-state index in [0.717, 1.165) is 0 Å². The highest BCUT2D eigenvalue weighted by molar-refractivity contribution is 7.66. The summed E-state index contributed by atoms with van der Waals surface area (Å²) in [5.74, 6) is -0.193. The summed E-state index contributed by atoms with van der Waals surface area (Å²) in [4.78, 5) is 57.5. The van der Waals surface area contributed by atoms with Gasteiger partial charge in [-0.2, -0.15) is 13.6 Å². The second kappa shape index (κ2) is 8.44. The Morgan fingerprint density at radius 2 is 1.90 bits per heavy atom. The summed E-state index contributed by atoms with van der Waals surface area (Å²) in [7, 11) is -16.6. The van der Waals surface area contributed by atoms with Crippen molar-refractivity contribution in [2.75, 3.05) is 12.3 Å². The highest BCUT2D eigenvalue weighted by atomic mass is 31.3. The molecule has 174 valence electrons. The number of nitrogens with one attached hydrogen (secondary N) is 1. The largest absolute Gasteiger partial charge is 0.490 e. The van der Waals surface area contributed by atoms with Crippen molar-refractivity contribution < 1.29 is 56.3 Å². The molecule has 2 aromatic rings. The van der Waals surface area contributed by atoms with Gasteiger partial charge in [0.1, 0.15) is 12.3 Å². The molecule has 31 heavy (non-hydrogen) atoms. The summed E-state index contributed by atoms with van der Waals surface area (Å²) in [6.07, 6.45) is -2.36. The van der Waals surface area contributed by atoms with E-state index in [-0.39, 0.29) is 23.5 Å². The minimum absolute atomic E-state index is 0.0481. The minimum atomic E-state index is -5.67. The molecule has 0 bridgehead atoms. The number of hydrogen-bond acceptors (Lipinski definition) is 12. The van der Waals surface area contributed by atoms with E-state index < -0.39 is 54.1 Å². The number of nitrogens with two attached hydrogens (primary N) is 1. The number of anilines is 1. The molecular formula is C10H16N5O13P3. The van der Waals surface area contributed by atoms with Crippen molar-refractivity contribution in [3.8, 4) is 0 Å². The molecule has 2 aromatic heterocycles. The number of hydrogen-bond donors (Lipinski definition) is 7. The predicted molar refractivity (Wildman–Crippen MR) is 96.9 cm³/mol. The summed E-state index contributed by atoms with van der Waals surface area (Å²) in [6.45, 7) is -0.843. The molecule has 1 saturated heterocycles. The van der Waals surface area contributed by atoms with Gasteiger partial charge >= 0.3 is 23.5 Å². The topological polar surface area (TPSA) is 279 Å². The molecule has 0 amide bonds. The Morgan fingerprint density at radius 3 is 2.55 bits per heavy atom. The Morgan fingerprint density at radius 1 is 1.23 bits per heavy atom. The van der Waals surface area contributed by atoms with Crippen LogP contribution >= 0.6 is 23.5 Å². The van der Waals surface area contributed by atoms with Crippen LogP contribution in [-0.4, -0.2) is 63.0 Å². The van der Waals surface area contributed by atoms with E-state index in [1.54, 1.807) is 0 Å². The van der Waals surface area contributed by atoms with E-state index in [2.05, 4.69) is 28.1 Å². The number of ether oxygens (including phenoxy) is 1. The number of aliphatic hydroxyl groups excluding tert-OH is 1. The summed E-state index contributed by atoms with van der Waals surface area (Å²) < 4.78 is 52.1. The lowest BCUT2D eigenvalue weighted by Crippen LogP contribution is -2.26. The van der Waals surface area contributed by atoms with E-state index in [1.807, 2.05) is 0 Å². The van der Waals surface area contributed by atoms with E-state index in [0.29, 0.717) is 0 Å². The molecule has 0 radical (unpaired) electrons. The van der Waals surface area contributed by atoms with Gasteiger partial charge in [0.25, 0.3) is 5.56 Å². The van der Waals surface area contributed by atoms with Gasteiger partial charge in [0.15, 0.2) is 11.2 Å². The van der Waals surface area contributed by atoms with Gasteiger partial charge < -0.3 is 35.2 Å². The van der Waals surface area contributed by atoms with Crippen LogP contribution in [0.2, 0.25) is 0 Å². The third-order valence-corrected chi connectivity index (χ3v) is 7.59. The molecule has 2 unspecified atom stereocenters. The monoisotopic (exact) mass is 522 g/mol. The van der Waals surface area contributed by atoms with Crippen molar-refractivity contribution in [1.82, 2.24) is 19.5 Å². The molecule has 1 aliphatic rings. The Labute approximate surface area is 171 Å². The first-order valence-electron chi connectivity index (χ1n) is 8.00. The molecular weight excluding hydrogens is 506 g/mol. The van der Waals surface area contributed by atoms with Gasteiger partial charge in [-0.3, -0.25) is 18.9 Å². The molecule has 1 aliphatic heterocycles. The standard InChI is InChI=1S/C10H16N5O13P3/c11-10-13-8-7(9(17)14-10)12-3-15(8)6-1-4(16)5(26-6)2-25-30(21,22)28-31(23,24)27-29(18,19)20/h3-6,16H,1-2H2,(H,21,22)(H,23,24)(H2,18,19,20)(H3,11,13,14,17)/t4-,5+,6+/m0/s1/i1+1,2+1,3+1,4+1,5+1,6+1,7+1,8+1,9+1,10+1,11+1,12+1,13+1,14+1,15+1. The lowest BCUT2D eigenvalue weighted by Gasteiger charge is -2.19. The fraction of sp³-hybridized carbons (Fsp3) is 0.500. The first-order valence-corrected chi connectivity index (χ1v) is 12.5. The molecule has 0 aliphatic carbocycles. The first-order chi connectivity index (χ1) is 14.2. The third-order valence-electron chi connectivity index (χ3n) is 3.78. The Hall–Kier alpha value is -1.52. The second-order valence-electron chi connectivity index (χ2n) is 6.09. The van der Waals surface area contributed by atoms with Crippen LogP contribution in [0, 0.1) is 0 Å². The van der Waals surface area contributed by atoms with Crippen LogP contribution in [0.4, 0.5) is 5.95 Å². The number of aliphatic hydroxyl groups is 1. The number of imidazole rings is 1. The normalized spacial score (nSPS) is 26.0. The summed E-state index contributed by atoms with van der Waals surface area (Å²) in [5.41, 5.74) is 4.89. The highest BCUT2D eigenvalue weighted by Gasteiger charge is 2.43. The molecule has 18 nitrogen and oxygen atoms in total. The lowest BCUT2D eigenvalue weighted by molar-refractivity contribution is -0.0423. The molecule has 3 heterocycles. The van der Waals surface area contributed by atoms with Crippen molar-refractivity contribution in [1.29, 1.82) is 0 Å². The van der Waals surface area contributed by atoms with Crippen LogP contribution in [0.25, 0.3) is 11.2 Å². The van der Waals surface area contributed by atoms with Crippen LogP contribution in [0.1, 0.15) is 12.6 Å². The van der Waals surface area contributed by atoms with Gasteiger partial charge in [-0.15, -0.1) is 0 Å². The maximum Gasteiger partial charge on any atom is 0.490 e. The second-order valence-corrected chi connectivity index (χ2v) is 10.5. The van der Waals surface area contributed by atoms with Crippen molar-refractivity contribution in [2.24, 2.45) is 0 Å². The van der Waals surface area contributed by atoms with Crippen molar-refractivity contribution in [2.45, 2.75) is 24.9 Å². The number of phosphoric acid groups is 3. The quantitative estimate of drug-likeness (QED) is 0.120. The number of nitrogen functional groups attached to an aromatic ring is 1. The van der Waals surface area contributed by atoms with Gasteiger partial charge in [-0.05, 0) is 0 Å². The maximum atomic E-state index is 11.8. The number of aromatic nitrogens is 4. The number of phosphoric ester groups is 1. The minimum Gasteiger partial charge on any atom is -0.390 e. The van der Waals surface area contributed by atoms with Crippen LogP contribution in [0.3, 0.4) is 0 Å². The van der Waals surface area contributed by atoms with Gasteiger partial charge in [0.2, 0.25) is 5.95 Å². The molecule has 3 rings (SSSR count). The van der Waals surface area contributed by atoms with E-state index in [4.69, 9.17) is 25.2 Å². The van der Waals surface area contributed by atoms with Crippen molar-refractivity contribution in [3.63, 3.8) is 0 Å². The summed E-state index contributed by atoms with van der Waals surface area (Å²) in [6, 6.07) is 0. The average Bonchev–Trinajstić information content (AvgIpc) is 3.13. The number of nitrogens with zero attached hydrogens (tertiary/aromatic N) is 3. The summed E-state index contributed by atoms with van der Waals surface area (Å²) >= 11 is 0. The van der Waals surface area contributed by atoms with Gasteiger partial charge in [-0.25, -0.2) is 18.7 Å². The SMILES string of the molecule is [15NH2][13c]1[15n][13c]2[13c]([15n][13cH][15n]2[13C@H]2[13CH2][13C@H](O)[13C@@H]([13CH2]OP(=O)(O)OP(=O)(O)OP(=O)(O)O)O2)[13c](=O)[15nH]1. The van der Waals surface area contributed by atoms with Crippen LogP contribution in [0.15, 0.2) is 11.1 Å². The number of H-pyrrole nitrogens is 1. The fourth-order valence-electron chi connectivity index (χ4n) is 2.66. The summed E-state index contributed by atoms with van der Waals surface area (Å²) in [5, 5.41) is 10.1. The van der Waals surface area contributed by atoms with Gasteiger partial charge in [-0.1, -0.05) is 0 Å². The van der Waals surface area contributed by atoms with Gasteiger partial charge in [0, 0.05) is 6.42 Å². The molecule has 0 aromatic carbocycles. The lowest BCUT2D eigenvalue weighted by atomic mass is 11.1. The van der Waals surface area contributed by atoms with E-state index in [9.17, 15) is 28.5 Å². The van der Waals surface area contributed by atoms with Crippen molar-refractivity contribution in [3.05, 3.63) is 16.7 Å².